The van der Waals surface area contributed by atoms with Crippen LogP contribution in [0.4, 0.5) is 0 Å². The average molecular weight is 665 g/mol. The van der Waals surface area contributed by atoms with Crippen molar-refractivity contribution in [1.82, 2.24) is 0 Å². The molecule has 1 heteroatoms. The van der Waals surface area contributed by atoms with E-state index in [4.69, 9.17) is 0 Å². The summed E-state index contributed by atoms with van der Waals surface area (Å²) in [7, 11) is -0.636. The molecular weight excluding hydrogens is 632 g/mol. The number of fused-ring (bicyclic) bond motifs is 4. The lowest BCUT2D eigenvalue weighted by atomic mass is 9.82. The molecule has 51 heavy (non-hydrogen) atoms. The summed E-state index contributed by atoms with van der Waals surface area (Å²) >= 11 is 0. The molecule has 0 aliphatic heterocycles. The van der Waals surface area contributed by atoms with Crippen molar-refractivity contribution in [1.29, 1.82) is 0 Å². The van der Waals surface area contributed by atoms with Crippen molar-refractivity contribution in [2.75, 3.05) is 0 Å². The van der Waals surface area contributed by atoms with Gasteiger partial charge in [-0.05, 0) is 101 Å². The highest BCUT2D eigenvalue weighted by atomic mass is 31.1. The molecule has 0 bridgehead atoms. The van der Waals surface area contributed by atoms with Crippen molar-refractivity contribution < 1.29 is 0 Å². The normalized spacial score (nSPS) is 11.7. The monoisotopic (exact) mass is 664 g/mol. The van der Waals surface area contributed by atoms with Gasteiger partial charge in [-0.1, -0.05) is 200 Å². The van der Waals surface area contributed by atoms with Crippen LogP contribution in [-0.2, 0) is 0 Å². The lowest BCUT2D eigenvalue weighted by Gasteiger charge is -2.21. The Kier molecular flexibility index (Phi) is 7.23. The molecule has 10 rings (SSSR count). The molecule has 0 unspecified atom stereocenters. The van der Waals surface area contributed by atoms with Gasteiger partial charge in [0.15, 0.2) is 0 Å². The summed E-state index contributed by atoms with van der Waals surface area (Å²) in [5.41, 5.74) is 12.9. The Morgan fingerprint density at radius 3 is 1.16 bits per heavy atom. The number of benzene rings is 9. The van der Waals surface area contributed by atoms with E-state index in [1.807, 2.05) is 0 Å². The van der Waals surface area contributed by atoms with Crippen LogP contribution < -0.4 is 15.9 Å². The van der Waals surface area contributed by atoms with Crippen molar-refractivity contribution in [3.8, 4) is 55.6 Å². The Balaban J connectivity index is 1.11. The van der Waals surface area contributed by atoms with Crippen molar-refractivity contribution in [2.45, 2.75) is 0 Å². The molecule has 9 aromatic rings. The van der Waals surface area contributed by atoms with E-state index in [0.717, 1.165) is 0 Å². The van der Waals surface area contributed by atoms with E-state index < -0.39 is 7.92 Å². The van der Waals surface area contributed by atoms with Crippen LogP contribution in [0.25, 0.3) is 77.2 Å². The molecule has 0 atom stereocenters. The van der Waals surface area contributed by atoms with Crippen LogP contribution >= 0.6 is 7.92 Å². The van der Waals surface area contributed by atoms with E-state index in [1.54, 1.807) is 0 Å². The van der Waals surface area contributed by atoms with E-state index in [0.29, 0.717) is 0 Å². The van der Waals surface area contributed by atoms with E-state index in [2.05, 4.69) is 200 Å². The first-order valence-electron chi connectivity index (χ1n) is 17.6. The second-order valence-corrected chi connectivity index (χ2v) is 15.5. The van der Waals surface area contributed by atoms with Crippen LogP contribution in [-0.4, -0.2) is 0 Å². The standard InChI is InChI=1S/C50H33P/c1-4-14-37(15-5-1)47-42-22-10-11-23-43(42)48(50-45-25-13-17-36-16-12-24-44(46(36)45)49(47)50)38-28-26-34(27-29-38)35-30-32-41(33-31-35)51(39-18-6-2-7-19-39)40-20-8-3-9-21-40/h1-33H. The second-order valence-electron chi connectivity index (χ2n) is 13.3. The summed E-state index contributed by atoms with van der Waals surface area (Å²) < 4.78 is 0. The summed E-state index contributed by atoms with van der Waals surface area (Å²) in [5, 5.41) is 9.31. The highest BCUT2D eigenvalue weighted by Crippen LogP contribution is 2.57. The van der Waals surface area contributed by atoms with Gasteiger partial charge in [-0.2, -0.15) is 0 Å². The maximum atomic E-state index is 2.33. The first-order chi connectivity index (χ1) is 25.3. The number of rotatable bonds is 6. The van der Waals surface area contributed by atoms with Gasteiger partial charge in [0.1, 0.15) is 0 Å². The third-order valence-corrected chi connectivity index (χ3v) is 12.8. The zero-order valence-electron chi connectivity index (χ0n) is 28.0. The topological polar surface area (TPSA) is 0 Å². The average Bonchev–Trinajstić information content (AvgIpc) is 3.53. The fraction of sp³-hybridized carbons (Fsp3) is 0. The smallest absolute Gasteiger partial charge is 0.000742 e. The molecule has 0 heterocycles. The highest BCUT2D eigenvalue weighted by molar-refractivity contribution is 7.79. The van der Waals surface area contributed by atoms with Crippen LogP contribution in [0.15, 0.2) is 200 Å². The lowest BCUT2D eigenvalue weighted by molar-refractivity contribution is 1.60. The molecular formula is C50H33P. The van der Waals surface area contributed by atoms with Crippen LogP contribution in [0, 0.1) is 0 Å². The van der Waals surface area contributed by atoms with E-state index in [-0.39, 0.29) is 0 Å². The van der Waals surface area contributed by atoms with E-state index in [9.17, 15) is 0 Å². The third kappa shape index (κ3) is 4.95. The Morgan fingerprint density at radius 1 is 0.255 bits per heavy atom. The fourth-order valence-corrected chi connectivity index (χ4v) is 10.5. The first-order valence-corrected chi connectivity index (χ1v) is 19.0. The molecule has 238 valence electrons. The molecule has 0 amide bonds. The maximum Gasteiger partial charge on any atom is -0.000742 e. The van der Waals surface area contributed by atoms with Gasteiger partial charge in [0.2, 0.25) is 0 Å². The summed E-state index contributed by atoms with van der Waals surface area (Å²) in [5.74, 6) is 0. The summed E-state index contributed by atoms with van der Waals surface area (Å²) in [6.45, 7) is 0. The Bertz CT molecular complexity index is 2650. The quantitative estimate of drug-likeness (QED) is 0.155. The van der Waals surface area contributed by atoms with Crippen molar-refractivity contribution in [2.24, 2.45) is 0 Å². The zero-order valence-corrected chi connectivity index (χ0v) is 28.9. The van der Waals surface area contributed by atoms with Crippen LogP contribution in [0.2, 0.25) is 0 Å². The Labute approximate surface area is 300 Å². The van der Waals surface area contributed by atoms with Crippen LogP contribution in [0.5, 0.6) is 0 Å². The lowest BCUT2D eigenvalue weighted by Crippen LogP contribution is -2.20. The second kappa shape index (κ2) is 12.4. The fourth-order valence-electron chi connectivity index (χ4n) is 8.17. The largest absolute Gasteiger partial charge is 0.0622 e. The molecule has 9 aromatic carbocycles. The Hall–Kier alpha value is -6.07. The molecule has 0 fully saturated rings. The first kappa shape index (κ1) is 29.8. The molecule has 1 aliphatic rings. The Morgan fingerprint density at radius 2 is 0.647 bits per heavy atom. The van der Waals surface area contributed by atoms with Gasteiger partial charge < -0.3 is 0 Å². The molecule has 0 saturated carbocycles. The van der Waals surface area contributed by atoms with Crippen molar-refractivity contribution in [3.05, 3.63) is 200 Å². The van der Waals surface area contributed by atoms with Gasteiger partial charge in [0, 0.05) is 0 Å². The SMILES string of the molecule is c1ccc(-c2c3c(c(-c4ccc(-c5ccc(P(c6ccccc6)c6ccccc6)cc5)cc4)c4ccccc24)-c2cccc4cccc-3c24)cc1. The summed E-state index contributed by atoms with van der Waals surface area (Å²) in [4.78, 5) is 0. The molecule has 0 nitrogen and oxygen atoms in total. The minimum Gasteiger partial charge on any atom is -0.0622 e. The van der Waals surface area contributed by atoms with Crippen molar-refractivity contribution >= 4 is 45.4 Å². The van der Waals surface area contributed by atoms with Gasteiger partial charge in [0.05, 0.1) is 0 Å². The number of hydrogen-bond donors (Lipinski definition) is 0. The van der Waals surface area contributed by atoms with Gasteiger partial charge >= 0.3 is 0 Å². The zero-order chi connectivity index (χ0) is 33.7. The highest BCUT2D eigenvalue weighted by Gasteiger charge is 2.30. The summed E-state index contributed by atoms with van der Waals surface area (Å²) in [6.07, 6.45) is 0. The van der Waals surface area contributed by atoms with Gasteiger partial charge in [0.25, 0.3) is 0 Å². The predicted octanol–water partition coefficient (Wildman–Crippen LogP) is 12.4. The molecule has 0 radical (unpaired) electrons. The third-order valence-electron chi connectivity index (χ3n) is 10.4. The van der Waals surface area contributed by atoms with Gasteiger partial charge in [-0.3, -0.25) is 0 Å². The van der Waals surface area contributed by atoms with Gasteiger partial charge in [-0.15, -0.1) is 0 Å². The number of hydrogen-bond acceptors (Lipinski definition) is 0. The molecule has 0 saturated heterocycles. The molecule has 1 aliphatic carbocycles. The van der Waals surface area contributed by atoms with Crippen LogP contribution in [0.1, 0.15) is 0 Å². The van der Waals surface area contributed by atoms with E-state index in [1.165, 1.54) is 93.1 Å². The minimum atomic E-state index is -0.636. The van der Waals surface area contributed by atoms with Gasteiger partial charge in [-0.25, -0.2) is 0 Å². The van der Waals surface area contributed by atoms with E-state index >= 15 is 0 Å². The van der Waals surface area contributed by atoms with Crippen molar-refractivity contribution in [3.63, 3.8) is 0 Å². The minimum absolute atomic E-state index is 0.636. The summed E-state index contributed by atoms with van der Waals surface area (Å²) in [6, 6.07) is 73.8. The molecule has 0 spiro atoms. The van der Waals surface area contributed by atoms with Crippen LogP contribution in [0.3, 0.4) is 0 Å². The molecule has 0 aromatic heterocycles. The molecule has 0 N–H and O–H groups in total. The predicted molar refractivity (Wildman–Crippen MR) is 221 cm³/mol. The maximum absolute atomic E-state index is 2.33.